The molecule has 0 aromatic heterocycles. The number of hydrogen-bond donors (Lipinski definition) is 0. The van der Waals surface area contributed by atoms with Crippen molar-refractivity contribution >= 4 is 8.25 Å². The Morgan fingerprint density at radius 3 is 1.06 bits per heavy atom. The Morgan fingerprint density at radius 2 is 0.889 bits per heavy atom. The summed E-state index contributed by atoms with van der Waals surface area (Å²) in [6.45, 7) is 17.1. The molecule has 0 aliphatic carbocycles. The molecule has 1 aliphatic rings. The summed E-state index contributed by atoms with van der Waals surface area (Å²) in [5.41, 5.74) is -0.967. The zero-order chi connectivity index (χ0) is 14.3. The summed E-state index contributed by atoms with van der Waals surface area (Å²) in [5.74, 6) is 1.01. The van der Waals surface area contributed by atoms with Crippen LogP contribution in [-0.4, -0.2) is 11.2 Å². The number of hydrogen-bond acceptors (Lipinski definition) is 3. The first-order valence-corrected chi connectivity index (χ1v) is 8.07. The Balaban J connectivity index is 3.49. The first kappa shape index (κ1) is 16.1. The van der Waals surface area contributed by atoms with E-state index in [-0.39, 0.29) is 23.7 Å². The van der Waals surface area contributed by atoms with Crippen LogP contribution in [0.2, 0.25) is 0 Å². The second-order valence-corrected chi connectivity index (χ2v) is 7.42. The molecule has 4 heteroatoms. The minimum Gasteiger partial charge on any atom is -0.109 e. The molecule has 3 nitrogen and oxygen atoms in total. The van der Waals surface area contributed by atoms with Gasteiger partial charge in [-0.05, 0) is 23.7 Å². The van der Waals surface area contributed by atoms with Gasteiger partial charge in [-0.1, -0.05) is 55.4 Å². The molecule has 1 saturated heterocycles. The zero-order valence-corrected chi connectivity index (χ0v) is 13.9. The molecule has 0 atom stereocenters. The van der Waals surface area contributed by atoms with Gasteiger partial charge < -0.3 is 0 Å². The van der Waals surface area contributed by atoms with E-state index in [4.69, 9.17) is 9.05 Å². The topological polar surface area (TPSA) is 35.5 Å². The fourth-order valence-electron chi connectivity index (χ4n) is 3.97. The van der Waals surface area contributed by atoms with Crippen molar-refractivity contribution in [3.8, 4) is 0 Å². The van der Waals surface area contributed by atoms with Crippen molar-refractivity contribution in [1.29, 1.82) is 0 Å². The van der Waals surface area contributed by atoms with E-state index in [9.17, 15) is 4.57 Å². The van der Waals surface area contributed by atoms with Crippen molar-refractivity contribution in [1.82, 2.24) is 0 Å². The second-order valence-electron chi connectivity index (χ2n) is 6.61. The lowest BCUT2D eigenvalue weighted by atomic mass is 9.60. The van der Waals surface area contributed by atoms with Crippen LogP contribution in [0.5, 0.6) is 0 Å². The van der Waals surface area contributed by atoms with Crippen molar-refractivity contribution in [2.24, 2.45) is 23.7 Å². The van der Waals surface area contributed by atoms with Crippen LogP contribution in [0.3, 0.4) is 0 Å². The Hall–Kier alpha value is 0.0200. The second kappa shape index (κ2) is 5.19. The van der Waals surface area contributed by atoms with Gasteiger partial charge in [0.2, 0.25) is 0 Å². The fourth-order valence-corrected chi connectivity index (χ4v) is 5.63. The van der Waals surface area contributed by atoms with Gasteiger partial charge in [0.25, 0.3) is 0 Å². The van der Waals surface area contributed by atoms with Crippen LogP contribution in [0.25, 0.3) is 0 Å². The van der Waals surface area contributed by atoms with E-state index in [1.807, 2.05) is 0 Å². The van der Waals surface area contributed by atoms with Crippen LogP contribution in [0.1, 0.15) is 55.4 Å². The molecule has 0 spiro atoms. The molecule has 0 saturated carbocycles. The van der Waals surface area contributed by atoms with Gasteiger partial charge in [-0.2, -0.15) is 0 Å². The maximum atomic E-state index is 12.0. The maximum Gasteiger partial charge on any atom is 0.698 e. The average Bonchev–Trinajstić information content (AvgIpc) is 2.53. The lowest BCUT2D eigenvalue weighted by Gasteiger charge is -2.48. The van der Waals surface area contributed by atoms with Crippen LogP contribution < -0.4 is 0 Å². The molecule has 0 unspecified atom stereocenters. The molecule has 0 bridgehead atoms. The van der Waals surface area contributed by atoms with E-state index >= 15 is 0 Å². The predicted octanol–water partition coefficient (Wildman–Crippen LogP) is 4.79. The monoisotopic (exact) mass is 275 g/mol. The summed E-state index contributed by atoms with van der Waals surface area (Å²) in [5, 5.41) is 0. The van der Waals surface area contributed by atoms with Gasteiger partial charge in [-0.15, -0.1) is 9.05 Å². The van der Waals surface area contributed by atoms with E-state index in [0.29, 0.717) is 0 Å². The molecule has 0 amide bonds. The van der Waals surface area contributed by atoms with Gasteiger partial charge in [-0.25, -0.2) is 0 Å². The van der Waals surface area contributed by atoms with Gasteiger partial charge in [0.1, 0.15) is 0 Å². The van der Waals surface area contributed by atoms with Gasteiger partial charge >= 0.3 is 8.25 Å². The van der Waals surface area contributed by atoms with Crippen molar-refractivity contribution < 1.29 is 13.6 Å². The summed E-state index contributed by atoms with van der Waals surface area (Å²) in [6.07, 6.45) is 0. The van der Waals surface area contributed by atoms with Crippen molar-refractivity contribution in [2.45, 2.75) is 66.6 Å². The van der Waals surface area contributed by atoms with Crippen LogP contribution >= 0.6 is 8.25 Å². The third kappa shape index (κ3) is 1.95. The molecule has 0 aromatic carbocycles. The van der Waals surface area contributed by atoms with Gasteiger partial charge in [-0.3, -0.25) is 0 Å². The minimum absolute atomic E-state index is 0.253. The Bertz CT molecular complexity index is 275. The maximum absolute atomic E-state index is 12.0. The first-order chi connectivity index (χ1) is 8.12. The largest absolute Gasteiger partial charge is 0.698 e. The quantitative estimate of drug-likeness (QED) is 0.692. The SMILES string of the molecule is CC(C)C1(C(C)C)O[P+](=O)OC1(C(C)C)C(C)C. The predicted molar refractivity (Wildman–Crippen MR) is 74.6 cm³/mol. The first-order valence-electron chi connectivity index (χ1n) is 6.98. The van der Waals surface area contributed by atoms with Gasteiger partial charge in [0.05, 0.1) is 0 Å². The Labute approximate surface area is 113 Å². The third-order valence-electron chi connectivity index (χ3n) is 4.49. The molecule has 0 N–H and O–H groups in total. The molecule has 106 valence electrons. The molecule has 1 rings (SSSR count). The minimum atomic E-state index is -2.02. The molecule has 1 fully saturated rings. The van der Waals surface area contributed by atoms with E-state index in [1.165, 1.54) is 0 Å². The smallest absolute Gasteiger partial charge is 0.109 e. The summed E-state index contributed by atoms with van der Waals surface area (Å²) in [7, 11) is -2.02. The lowest BCUT2D eigenvalue weighted by molar-refractivity contribution is -0.158. The van der Waals surface area contributed by atoms with Crippen molar-refractivity contribution in [3.63, 3.8) is 0 Å². The summed E-state index contributed by atoms with van der Waals surface area (Å²) < 4.78 is 23.8. The van der Waals surface area contributed by atoms with E-state index in [2.05, 4.69) is 55.4 Å². The van der Waals surface area contributed by atoms with Crippen LogP contribution in [-0.2, 0) is 13.6 Å². The average molecular weight is 275 g/mol. The summed E-state index contributed by atoms with van der Waals surface area (Å²) in [6, 6.07) is 0. The molecule has 1 aliphatic heterocycles. The van der Waals surface area contributed by atoms with Crippen molar-refractivity contribution in [2.75, 3.05) is 0 Å². The third-order valence-corrected chi connectivity index (χ3v) is 5.40. The molecular weight excluding hydrogens is 247 g/mol. The molecular formula is C14H28O3P+. The van der Waals surface area contributed by atoms with Crippen LogP contribution in [0.15, 0.2) is 0 Å². The summed E-state index contributed by atoms with van der Waals surface area (Å²) >= 11 is 0. The molecule has 0 aromatic rings. The van der Waals surface area contributed by atoms with Crippen molar-refractivity contribution in [3.05, 3.63) is 0 Å². The van der Waals surface area contributed by atoms with E-state index in [1.54, 1.807) is 0 Å². The Morgan fingerprint density at radius 1 is 0.667 bits per heavy atom. The standard InChI is InChI=1S/C14H28O3P/c1-9(2)13(10(3)4)14(11(5)6,12(7)8)17-18(15)16-13/h9-12H,1-8H3/q+1. The lowest BCUT2D eigenvalue weighted by Crippen LogP contribution is -2.64. The highest BCUT2D eigenvalue weighted by molar-refractivity contribution is 7.33. The van der Waals surface area contributed by atoms with Crippen LogP contribution in [0.4, 0.5) is 0 Å². The number of rotatable bonds is 4. The summed E-state index contributed by atoms with van der Waals surface area (Å²) in [4.78, 5) is 0. The highest BCUT2D eigenvalue weighted by Crippen LogP contribution is 2.62. The molecule has 18 heavy (non-hydrogen) atoms. The van der Waals surface area contributed by atoms with Crippen LogP contribution in [0, 0.1) is 23.7 Å². The highest BCUT2D eigenvalue weighted by Gasteiger charge is 2.74. The zero-order valence-electron chi connectivity index (χ0n) is 13.0. The van der Waals surface area contributed by atoms with Gasteiger partial charge in [0, 0.05) is 4.57 Å². The highest BCUT2D eigenvalue weighted by atomic mass is 31.1. The Kier molecular flexibility index (Phi) is 4.63. The van der Waals surface area contributed by atoms with E-state index < -0.39 is 19.5 Å². The van der Waals surface area contributed by atoms with Gasteiger partial charge in [0.15, 0.2) is 11.2 Å². The molecule has 0 radical (unpaired) electrons. The normalized spacial score (nSPS) is 22.8. The fraction of sp³-hybridized carbons (Fsp3) is 1.00. The molecule has 1 heterocycles. The van der Waals surface area contributed by atoms with E-state index in [0.717, 1.165) is 0 Å².